The first kappa shape index (κ1) is 30.6. The second-order valence-corrected chi connectivity index (χ2v) is 12.2. The van der Waals surface area contributed by atoms with Crippen LogP contribution >= 0.6 is 11.6 Å². The molecule has 1 saturated heterocycles. The Morgan fingerprint density at radius 1 is 0.979 bits per heavy atom. The number of hydrogen-bond acceptors (Lipinski definition) is 6. The number of fused-ring (bicyclic) bond motifs is 3. The summed E-state index contributed by atoms with van der Waals surface area (Å²) < 4.78 is 42.4. The van der Waals surface area contributed by atoms with Crippen molar-refractivity contribution in [1.29, 1.82) is 0 Å². The smallest absolute Gasteiger partial charge is 0.337 e. The molecule has 1 N–H and O–H groups in total. The first-order chi connectivity index (χ1) is 22.5. The molecule has 14 heteroatoms. The summed E-state index contributed by atoms with van der Waals surface area (Å²) in [4.78, 5) is 51.4. The molecule has 2 aliphatic rings. The summed E-state index contributed by atoms with van der Waals surface area (Å²) in [5.74, 6) is -0.272. The topological polar surface area (TPSA) is 114 Å². The first-order valence-electron chi connectivity index (χ1n) is 15.0. The quantitative estimate of drug-likeness (QED) is 0.270. The zero-order valence-corrected chi connectivity index (χ0v) is 25.6. The Bertz CT molecular complexity index is 2070. The second-order valence-electron chi connectivity index (χ2n) is 11.8. The highest BCUT2D eigenvalue weighted by molar-refractivity contribution is 6.33. The molecule has 0 saturated carbocycles. The molecule has 0 bridgehead atoms. The van der Waals surface area contributed by atoms with Gasteiger partial charge in [0.25, 0.3) is 11.5 Å². The van der Waals surface area contributed by atoms with E-state index >= 15 is 0 Å². The van der Waals surface area contributed by atoms with Gasteiger partial charge in [0.1, 0.15) is 12.2 Å². The lowest BCUT2D eigenvalue weighted by atomic mass is 9.74. The maximum absolute atomic E-state index is 14.2. The van der Waals surface area contributed by atoms with Crippen LogP contribution in [0.3, 0.4) is 0 Å². The molecule has 3 aromatic heterocycles. The van der Waals surface area contributed by atoms with Crippen molar-refractivity contribution in [2.24, 2.45) is 0 Å². The van der Waals surface area contributed by atoms with Crippen molar-refractivity contribution in [2.45, 2.75) is 43.8 Å². The number of amides is 2. The number of pyridine rings is 1. The molecule has 1 aliphatic carbocycles. The number of halogens is 4. The summed E-state index contributed by atoms with van der Waals surface area (Å²) in [5.41, 5.74) is 0.437. The Labute approximate surface area is 270 Å². The van der Waals surface area contributed by atoms with E-state index in [0.717, 1.165) is 18.2 Å². The van der Waals surface area contributed by atoms with Gasteiger partial charge in [-0.3, -0.25) is 19.4 Å². The molecule has 4 heterocycles. The number of nitrogens with one attached hydrogen (secondary N) is 1. The summed E-state index contributed by atoms with van der Waals surface area (Å²) in [5, 5.41) is 6.91. The number of carbonyl (C=O) groups excluding carboxylic acids is 2. The lowest BCUT2D eigenvalue weighted by molar-refractivity contribution is -0.137. The van der Waals surface area contributed by atoms with Crippen molar-refractivity contribution in [1.82, 2.24) is 29.0 Å². The van der Waals surface area contributed by atoms with Crippen LogP contribution < -0.4 is 10.9 Å². The molecule has 0 radical (unpaired) electrons. The van der Waals surface area contributed by atoms with Gasteiger partial charge in [-0.25, -0.2) is 0 Å². The van der Waals surface area contributed by atoms with Crippen molar-refractivity contribution in [3.63, 3.8) is 0 Å². The number of nitrogens with zero attached hydrogens (tertiary/aromatic N) is 6. The number of aromatic nitrogens is 5. The van der Waals surface area contributed by atoms with Gasteiger partial charge in [-0.1, -0.05) is 48.0 Å². The lowest BCUT2D eigenvalue weighted by Crippen LogP contribution is -2.46. The molecule has 1 aliphatic heterocycles. The first-order valence-corrected chi connectivity index (χ1v) is 15.4. The number of hydrogen-bond donors (Lipinski definition) is 1. The largest absolute Gasteiger partial charge is 0.416 e. The highest BCUT2D eigenvalue weighted by atomic mass is 35.5. The van der Waals surface area contributed by atoms with Crippen LogP contribution in [-0.4, -0.2) is 54.0 Å². The Balaban J connectivity index is 1.25. The SMILES string of the molecule is O=C(Cn1c2c(c(=O)n3nc(-c4ccccc4)nc13)C1(CC2)CCN(C(=O)c2ccccn2)CC1)Nc1ccc(C(F)(F)F)cc1Cl. The molecule has 2 amide bonds. The van der Waals surface area contributed by atoms with Crippen LogP contribution in [0.1, 0.15) is 46.6 Å². The molecule has 1 fully saturated rings. The standard InChI is InChI=1S/C33H27ClF3N7O3/c34-22-18-21(33(35,36)37)9-10-23(22)39-26(45)19-43-25-11-12-32(13-16-42(17-14-32)29(46)24-8-4-5-15-38-24)27(25)30(47)44-31(43)40-28(41-44)20-6-2-1-3-7-20/h1-10,15,18H,11-14,16-17,19H2,(H,39,45). The van der Waals surface area contributed by atoms with Gasteiger partial charge in [0.15, 0.2) is 5.82 Å². The van der Waals surface area contributed by atoms with E-state index < -0.39 is 23.1 Å². The maximum atomic E-state index is 14.2. The van der Waals surface area contributed by atoms with Crippen molar-refractivity contribution in [2.75, 3.05) is 18.4 Å². The molecule has 10 nitrogen and oxygen atoms in total. The Kier molecular flexibility index (Phi) is 7.58. The third kappa shape index (κ3) is 5.54. The van der Waals surface area contributed by atoms with E-state index in [1.54, 1.807) is 33.9 Å². The van der Waals surface area contributed by atoms with Gasteiger partial charge in [0, 0.05) is 41.5 Å². The van der Waals surface area contributed by atoms with E-state index in [1.807, 2.05) is 30.3 Å². The number of likely N-dealkylation sites (tertiary alicyclic amines) is 1. The number of rotatable bonds is 5. The third-order valence-corrected chi connectivity index (χ3v) is 9.33. The van der Waals surface area contributed by atoms with Gasteiger partial charge in [-0.05, 0) is 56.0 Å². The summed E-state index contributed by atoms with van der Waals surface area (Å²) in [7, 11) is 0. The minimum absolute atomic E-state index is 0.0197. The van der Waals surface area contributed by atoms with E-state index in [1.165, 1.54) is 4.52 Å². The van der Waals surface area contributed by atoms with Gasteiger partial charge in [0.05, 0.1) is 16.3 Å². The fraction of sp³-hybridized carbons (Fsp3) is 0.273. The number of carbonyl (C=O) groups is 2. The number of benzene rings is 2. The Morgan fingerprint density at radius 2 is 1.72 bits per heavy atom. The van der Waals surface area contributed by atoms with Gasteiger partial charge >= 0.3 is 6.18 Å². The summed E-state index contributed by atoms with van der Waals surface area (Å²) >= 11 is 6.11. The van der Waals surface area contributed by atoms with Crippen molar-refractivity contribution in [3.05, 3.63) is 111 Å². The number of piperidine rings is 1. The van der Waals surface area contributed by atoms with E-state index in [0.29, 0.717) is 67.1 Å². The second kappa shape index (κ2) is 11.6. The fourth-order valence-electron chi connectivity index (χ4n) is 6.67. The molecule has 0 atom stereocenters. The van der Waals surface area contributed by atoms with Crippen LogP contribution in [-0.2, 0) is 29.4 Å². The highest BCUT2D eigenvalue weighted by Gasteiger charge is 2.46. The van der Waals surface area contributed by atoms with Crippen LogP contribution in [0.2, 0.25) is 5.02 Å². The van der Waals surface area contributed by atoms with E-state index in [2.05, 4.69) is 20.4 Å². The lowest BCUT2D eigenvalue weighted by Gasteiger charge is -2.39. The zero-order chi connectivity index (χ0) is 32.9. The molecule has 1 spiro atoms. The van der Waals surface area contributed by atoms with Gasteiger partial charge in [-0.2, -0.15) is 22.7 Å². The van der Waals surface area contributed by atoms with E-state index in [-0.39, 0.29) is 34.5 Å². The predicted molar refractivity (Wildman–Crippen MR) is 167 cm³/mol. The minimum atomic E-state index is -4.59. The van der Waals surface area contributed by atoms with Crippen molar-refractivity contribution < 1.29 is 22.8 Å². The molecule has 47 heavy (non-hydrogen) atoms. The van der Waals surface area contributed by atoms with Gasteiger partial charge in [-0.15, -0.1) is 5.10 Å². The number of alkyl halides is 3. The summed E-state index contributed by atoms with van der Waals surface area (Å²) in [6, 6.07) is 17.0. The van der Waals surface area contributed by atoms with Gasteiger partial charge in [0.2, 0.25) is 11.7 Å². The van der Waals surface area contributed by atoms with Gasteiger partial charge < -0.3 is 14.8 Å². The molecule has 0 unspecified atom stereocenters. The molecule has 7 rings (SSSR count). The van der Waals surface area contributed by atoms with E-state index in [4.69, 9.17) is 11.6 Å². The minimum Gasteiger partial charge on any atom is -0.337 e. The number of anilines is 1. The monoisotopic (exact) mass is 661 g/mol. The van der Waals surface area contributed by atoms with Crippen LogP contribution in [0.4, 0.5) is 18.9 Å². The maximum Gasteiger partial charge on any atom is 0.416 e. The molecular formula is C33H27ClF3N7O3. The molecular weight excluding hydrogens is 635 g/mol. The van der Waals surface area contributed by atoms with Crippen molar-refractivity contribution >= 4 is 34.9 Å². The fourth-order valence-corrected chi connectivity index (χ4v) is 6.89. The van der Waals surface area contributed by atoms with Crippen LogP contribution in [0.15, 0.2) is 77.7 Å². The van der Waals surface area contributed by atoms with Crippen LogP contribution in [0.25, 0.3) is 17.2 Å². The van der Waals surface area contributed by atoms with Crippen molar-refractivity contribution in [3.8, 4) is 11.4 Å². The molecule has 2 aromatic carbocycles. The average molecular weight is 662 g/mol. The third-order valence-electron chi connectivity index (χ3n) is 9.02. The normalized spacial score (nSPS) is 15.6. The predicted octanol–water partition coefficient (Wildman–Crippen LogP) is 5.38. The Morgan fingerprint density at radius 3 is 2.40 bits per heavy atom. The van der Waals surface area contributed by atoms with E-state index in [9.17, 15) is 27.6 Å². The van der Waals surface area contributed by atoms with Crippen LogP contribution in [0, 0.1) is 0 Å². The zero-order valence-electron chi connectivity index (χ0n) is 24.8. The van der Waals surface area contributed by atoms with Crippen LogP contribution in [0.5, 0.6) is 0 Å². The molecule has 240 valence electrons. The average Bonchev–Trinajstić information content (AvgIpc) is 3.68. The summed E-state index contributed by atoms with van der Waals surface area (Å²) in [6.45, 7) is 0.550. The highest BCUT2D eigenvalue weighted by Crippen LogP contribution is 2.45. The Hall–Kier alpha value is -5.04. The summed E-state index contributed by atoms with van der Waals surface area (Å²) in [6.07, 6.45) is -0.829. The molecule has 5 aromatic rings.